The third-order valence-electron chi connectivity index (χ3n) is 5.27. The van der Waals surface area contributed by atoms with Crippen LogP contribution in [0.4, 0.5) is 5.69 Å². The summed E-state index contributed by atoms with van der Waals surface area (Å²) in [7, 11) is 1.67. The van der Waals surface area contributed by atoms with Crippen molar-refractivity contribution in [2.45, 2.75) is 13.0 Å². The molecule has 0 radical (unpaired) electrons. The lowest BCUT2D eigenvalue weighted by atomic mass is 10.1. The summed E-state index contributed by atoms with van der Waals surface area (Å²) < 4.78 is 5.23. The first-order valence-electron chi connectivity index (χ1n) is 9.45. The summed E-state index contributed by atoms with van der Waals surface area (Å²) in [4.78, 5) is 17.3. The molecule has 1 N–H and O–H groups in total. The first-order chi connectivity index (χ1) is 13.7. The van der Waals surface area contributed by atoms with Crippen LogP contribution in [0.1, 0.15) is 17.3 Å². The number of hydrogen-bond acceptors (Lipinski definition) is 4. The molecule has 2 aromatic carbocycles. The zero-order chi connectivity index (χ0) is 19.5. The maximum Gasteiger partial charge on any atom is 0.254 e. The molecule has 0 aliphatic carbocycles. The predicted molar refractivity (Wildman–Crippen MR) is 110 cm³/mol. The highest BCUT2D eigenvalue weighted by Crippen LogP contribution is 2.24. The number of nitrogens with zero attached hydrogens (tertiary/aromatic N) is 3. The number of carbonyl (C=O) groups is 1. The average molecular weight is 376 g/mol. The maximum absolute atomic E-state index is 13.0. The second kappa shape index (κ2) is 7.76. The van der Waals surface area contributed by atoms with Crippen molar-refractivity contribution in [3.8, 4) is 17.0 Å². The fraction of sp³-hybridized carbons (Fsp3) is 0.273. The topological polar surface area (TPSA) is 61.5 Å². The fourth-order valence-corrected chi connectivity index (χ4v) is 3.66. The van der Waals surface area contributed by atoms with Gasteiger partial charge in [0.05, 0.1) is 12.8 Å². The standard InChI is InChI=1S/C22H24N4O2/c1-16-15-25(19-7-9-20(28-2)10-8-19)13-14-26(16)22(27)18-5-3-17(4-6-18)21-11-12-23-24-21/h3-12,16H,13-15H2,1-2H3,(H,23,24). The van der Waals surface area contributed by atoms with Gasteiger partial charge in [-0.1, -0.05) is 12.1 Å². The van der Waals surface area contributed by atoms with E-state index in [9.17, 15) is 4.79 Å². The Bertz CT molecular complexity index is 920. The van der Waals surface area contributed by atoms with E-state index in [4.69, 9.17) is 4.74 Å². The summed E-state index contributed by atoms with van der Waals surface area (Å²) in [5.74, 6) is 0.933. The van der Waals surface area contributed by atoms with Crippen LogP contribution in [0.2, 0.25) is 0 Å². The minimum absolute atomic E-state index is 0.0815. The number of anilines is 1. The van der Waals surface area contributed by atoms with Crippen LogP contribution in [-0.4, -0.2) is 53.8 Å². The molecule has 1 amide bonds. The molecule has 6 nitrogen and oxygen atoms in total. The van der Waals surface area contributed by atoms with Gasteiger partial charge in [0, 0.05) is 43.1 Å². The maximum atomic E-state index is 13.0. The van der Waals surface area contributed by atoms with Crippen LogP contribution in [0.3, 0.4) is 0 Å². The van der Waals surface area contributed by atoms with Gasteiger partial charge in [-0.05, 0) is 55.0 Å². The number of ether oxygens (including phenoxy) is 1. The lowest BCUT2D eigenvalue weighted by Crippen LogP contribution is -2.54. The molecule has 1 aliphatic heterocycles. The van der Waals surface area contributed by atoms with E-state index in [1.807, 2.05) is 47.4 Å². The minimum Gasteiger partial charge on any atom is -0.497 e. The zero-order valence-corrected chi connectivity index (χ0v) is 16.1. The third kappa shape index (κ3) is 3.58. The van der Waals surface area contributed by atoms with Gasteiger partial charge in [0.15, 0.2) is 0 Å². The number of aromatic amines is 1. The van der Waals surface area contributed by atoms with Crippen LogP contribution in [0, 0.1) is 0 Å². The third-order valence-corrected chi connectivity index (χ3v) is 5.27. The molecule has 0 bridgehead atoms. The molecule has 1 unspecified atom stereocenters. The van der Waals surface area contributed by atoms with Gasteiger partial charge in [0.25, 0.3) is 5.91 Å². The van der Waals surface area contributed by atoms with Crippen molar-refractivity contribution < 1.29 is 9.53 Å². The van der Waals surface area contributed by atoms with Crippen molar-refractivity contribution in [3.63, 3.8) is 0 Å². The van der Waals surface area contributed by atoms with Gasteiger partial charge in [0.2, 0.25) is 0 Å². The molecule has 1 atom stereocenters. The highest BCUT2D eigenvalue weighted by Gasteiger charge is 2.28. The van der Waals surface area contributed by atoms with Crippen LogP contribution in [-0.2, 0) is 0 Å². The number of methoxy groups -OCH3 is 1. The van der Waals surface area contributed by atoms with Gasteiger partial charge < -0.3 is 14.5 Å². The van der Waals surface area contributed by atoms with Gasteiger partial charge in [-0.3, -0.25) is 9.89 Å². The molecule has 28 heavy (non-hydrogen) atoms. The molecule has 1 aliphatic rings. The van der Waals surface area contributed by atoms with Crippen molar-refractivity contribution in [1.82, 2.24) is 15.1 Å². The number of H-pyrrole nitrogens is 1. The average Bonchev–Trinajstić information content (AvgIpc) is 3.28. The van der Waals surface area contributed by atoms with Gasteiger partial charge in [-0.2, -0.15) is 5.10 Å². The van der Waals surface area contributed by atoms with E-state index >= 15 is 0 Å². The van der Waals surface area contributed by atoms with Crippen LogP contribution in [0.15, 0.2) is 60.8 Å². The molecule has 1 saturated heterocycles. The molecule has 1 aromatic heterocycles. The lowest BCUT2D eigenvalue weighted by molar-refractivity contribution is 0.0674. The van der Waals surface area contributed by atoms with Crippen LogP contribution in [0.5, 0.6) is 5.75 Å². The van der Waals surface area contributed by atoms with Crippen LogP contribution in [0.25, 0.3) is 11.3 Å². The largest absolute Gasteiger partial charge is 0.497 e. The van der Waals surface area contributed by atoms with Crippen LogP contribution < -0.4 is 9.64 Å². The zero-order valence-electron chi connectivity index (χ0n) is 16.1. The Morgan fingerprint density at radius 3 is 2.43 bits per heavy atom. The lowest BCUT2D eigenvalue weighted by Gasteiger charge is -2.41. The number of hydrogen-bond donors (Lipinski definition) is 1. The SMILES string of the molecule is COc1ccc(N2CCN(C(=O)c3ccc(-c4ccn[nH]4)cc3)C(C)C2)cc1. The summed E-state index contributed by atoms with van der Waals surface area (Å²) in [6.45, 7) is 4.43. The summed E-state index contributed by atoms with van der Waals surface area (Å²) in [6.07, 6.45) is 1.72. The van der Waals surface area contributed by atoms with Gasteiger partial charge in [0.1, 0.15) is 5.75 Å². The molecule has 144 valence electrons. The fourth-order valence-electron chi connectivity index (χ4n) is 3.66. The highest BCUT2D eigenvalue weighted by atomic mass is 16.5. The molecule has 6 heteroatoms. The van der Waals surface area contributed by atoms with E-state index in [0.29, 0.717) is 12.1 Å². The van der Waals surface area contributed by atoms with E-state index in [0.717, 1.165) is 35.8 Å². The van der Waals surface area contributed by atoms with Crippen molar-refractivity contribution in [2.75, 3.05) is 31.6 Å². The second-order valence-corrected chi connectivity index (χ2v) is 7.04. The summed E-state index contributed by atoms with van der Waals surface area (Å²) in [6, 6.07) is 17.8. The Morgan fingerprint density at radius 2 is 1.82 bits per heavy atom. The summed E-state index contributed by atoms with van der Waals surface area (Å²) >= 11 is 0. The van der Waals surface area contributed by atoms with E-state index < -0.39 is 0 Å². The molecule has 3 aromatic rings. The van der Waals surface area contributed by atoms with Crippen molar-refractivity contribution in [1.29, 1.82) is 0 Å². The Balaban J connectivity index is 1.43. The van der Waals surface area contributed by atoms with E-state index in [1.54, 1.807) is 13.3 Å². The molecule has 0 saturated carbocycles. The van der Waals surface area contributed by atoms with E-state index in [-0.39, 0.29) is 11.9 Å². The first-order valence-corrected chi connectivity index (χ1v) is 9.45. The second-order valence-electron chi connectivity index (χ2n) is 7.04. The Hall–Kier alpha value is -3.28. The van der Waals surface area contributed by atoms with Gasteiger partial charge in [-0.25, -0.2) is 0 Å². The molecular formula is C22H24N4O2. The van der Waals surface area contributed by atoms with Gasteiger partial charge >= 0.3 is 0 Å². The predicted octanol–water partition coefficient (Wildman–Crippen LogP) is 3.44. The normalized spacial score (nSPS) is 16.9. The number of amides is 1. The smallest absolute Gasteiger partial charge is 0.254 e. The first kappa shape index (κ1) is 18.1. The number of benzene rings is 2. The molecule has 1 fully saturated rings. The number of carbonyl (C=O) groups excluding carboxylic acids is 1. The van der Waals surface area contributed by atoms with Crippen molar-refractivity contribution in [2.24, 2.45) is 0 Å². The monoisotopic (exact) mass is 376 g/mol. The molecular weight excluding hydrogens is 352 g/mol. The van der Waals surface area contributed by atoms with Gasteiger partial charge in [-0.15, -0.1) is 0 Å². The van der Waals surface area contributed by atoms with E-state index in [1.165, 1.54) is 0 Å². The summed E-state index contributed by atoms with van der Waals surface area (Å²) in [5, 5.41) is 6.91. The van der Waals surface area contributed by atoms with Crippen LogP contribution >= 0.6 is 0 Å². The number of nitrogens with one attached hydrogen (secondary N) is 1. The van der Waals surface area contributed by atoms with E-state index in [2.05, 4.69) is 34.2 Å². The molecule has 4 rings (SSSR count). The number of rotatable bonds is 4. The quantitative estimate of drug-likeness (QED) is 0.758. The molecule has 0 spiro atoms. The Labute approximate surface area is 164 Å². The van der Waals surface area contributed by atoms with Crippen molar-refractivity contribution >= 4 is 11.6 Å². The number of piperazine rings is 1. The Kier molecular flexibility index (Phi) is 5.02. The highest BCUT2D eigenvalue weighted by molar-refractivity contribution is 5.95. The Morgan fingerprint density at radius 1 is 1.07 bits per heavy atom. The minimum atomic E-state index is 0.0815. The summed E-state index contributed by atoms with van der Waals surface area (Å²) in [5.41, 5.74) is 3.84. The number of aromatic nitrogens is 2. The van der Waals surface area contributed by atoms with Crippen molar-refractivity contribution in [3.05, 3.63) is 66.4 Å². The molecule has 2 heterocycles.